The Labute approximate surface area is 86.6 Å². The Hall–Kier alpha value is -1.20. The smallest absolute Gasteiger partial charge is 0.137 e. The van der Waals surface area contributed by atoms with Crippen LogP contribution in [0.5, 0.6) is 0 Å². The van der Waals surface area contributed by atoms with Gasteiger partial charge in [-0.25, -0.2) is 9.67 Å². The molecule has 2 heterocycles. The molecule has 0 atom stereocenters. The summed E-state index contributed by atoms with van der Waals surface area (Å²) in [5, 5.41) is 7.20. The van der Waals surface area contributed by atoms with Crippen molar-refractivity contribution in [3.8, 4) is 0 Å². The van der Waals surface area contributed by atoms with Gasteiger partial charge in [-0.3, -0.25) is 0 Å². The number of nitrogens with zero attached hydrogens (tertiary/aromatic N) is 3. The van der Waals surface area contributed by atoms with Crippen LogP contribution in [-0.2, 0) is 13.1 Å². The summed E-state index contributed by atoms with van der Waals surface area (Å²) in [5.74, 6) is 0. The van der Waals surface area contributed by atoms with E-state index in [1.165, 1.54) is 9.75 Å². The Kier molecular flexibility index (Phi) is 2.90. The predicted octanol–water partition coefficient (Wildman–Crippen LogP) is 1.11. The predicted molar refractivity (Wildman–Crippen MR) is 56.2 cm³/mol. The summed E-state index contributed by atoms with van der Waals surface area (Å²) in [4.78, 5) is 6.56. The lowest BCUT2D eigenvalue weighted by Gasteiger charge is -1.96. The van der Waals surface area contributed by atoms with Crippen LogP contribution in [0.3, 0.4) is 0 Å². The average molecular weight is 208 g/mol. The maximum atomic E-state index is 4.06. The first kappa shape index (κ1) is 9.36. The molecule has 4 nitrogen and oxygen atoms in total. The number of aromatic nitrogens is 3. The van der Waals surface area contributed by atoms with Gasteiger partial charge in [-0.2, -0.15) is 5.10 Å². The van der Waals surface area contributed by atoms with Crippen molar-refractivity contribution in [1.82, 2.24) is 20.1 Å². The van der Waals surface area contributed by atoms with Gasteiger partial charge in [-0.05, 0) is 19.2 Å². The van der Waals surface area contributed by atoms with Gasteiger partial charge in [0, 0.05) is 16.3 Å². The molecule has 0 aliphatic carbocycles. The topological polar surface area (TPSA) is 42.7 Å². The quantitative estimate of drug-likeness (QED) is 0.818. The second kappa shape index (κ2) is 4.34. The number of rotatable bonds is 4. The molecule has 2 aromatic heterocycles. The molecule has 0 unspecified atom stereocenters. The van der Waals surface area contributed by atoms with Crippen molar-refractivity contribution < 1.29 is 0 Å². The first-order chi connectivity index (χ1) is 6.88. The van der Waals surface area contributed by atoms with Crippen LogP contribution in [0.1, 0.15) is 9.75 Å². The van der Waals surface area contributed by atoms with E-state index in [0.717, 1.165) is 13.1 Å². The maximum Gasteiger partial charge on any atom is 0.137 e. The fourth-order valence-electron chi connectivity index (χ4n) is 1.25. The first-order valence-electron chi connectivity index (χ1n) is 4.43. The van der Waals surface area contributed by atoms with Gasteiger partial charge in [0.2, 0.25) is 0 Å². The summed E-state index contributed by atoms with van der Waals surface area (Å²) < 4.78 is 1.83. The third-order valence-corrected chi connectivity index (χ3v) is 2.92. The van der Waals surface area contributed by atoms with E-state index in [2.05, 4.69) is 27.5 Å². The standard InChI is InChI=1S/C9H12N4S/c1-10-4-8-2-3-9(14-8)5-13-7-11-6-12-13/h2-3,6-7,10H,4-5H2,1H3. The molecular weight excluding hydrogens is 196 g/mol. The molecular formula is C9H12N4S. The lowest BCUT2D eigenvalue weighted by atomic mass is 10.4. The zero-order valence-electron chi connectivity index (χ0n) is 7.97. The molecule has 0 aliphatic heterocycles. The zero-order valence-corrected chi connectivity index (χ0v) is 8.79. The lowest BCUT2D eigenvalue weighted by Crippen LogP contribution is -2.02. The van der Waals surface area contributed by atoms with E-state index in [4.69, 9.17) is 0 Å². The normalized spacial score (nSPS) is 10.6. The number of hydrogen-bond donors (Lipinski definition) is 1. The average Bonchev–Trinajstić information content (AvgIpc) is 2.79. The fourth-order valence-corrected chi connectivity index (χ4v) is 2.27. The van der Waals surface area contributed by atoms with Crippen LogP contribution >= 0.6 is 11.3 Å². The third-order valence-electron chi connectivity index (χ3n) is 1.85. The molecule has 1 N–H and O–H groups in total. The molecule has 5 heteroatoms. The second-order valence-electron chi connectivity index (χ2n) is 2.99. The zero-order chi connectivity index (χ0) is 9.80. The highest BCUT2D eigenvalue weighted by molar-refractivity contribution is 7.11. The van der Waals surface area contributed by atoms with Crippen molar-refractivity contribution in [1.29, 1.82) is 0 Å². The van der Waals surface area contributed by atoms with Gasteiger partial charge in [0.1, 0.15) is 12.7 Å². The third kappa shape index (κ3) is 2.18. The molecule has 0 aromatic carbocycles. The van der Waals surface area contributed by atoms with Gasteiger partial charge in [-0.15, -0.1) is 11.3 Å². The van der Waals surface area contributed by atoms with Gasteiger partial charge in [-0.1, -0.05) is 0 Å². The summed E-state index contributed by atoms with van der Waals surface area (Å²) in [5.41, 5.74) is 0. The van der Waals surface area contributed by atoms with Crippen LogP contribution in [0.25, 0.3) is 0 Å². The highest BCUT2D eigenvalue weighted by Crippen LogP contribution is 2.16. The lowest BCUT2D eigenvalue weighted by molar-refractivity contribution is 0.693. The van der Waals surface area contributed by atoms with Crippen LogP contribution in [0.15, 0.2) is 24.8 Å². The van der Waals surface area contributed by atoms with Gasteiger partial charge in [0.25, 0.3) is 0 Å². The number of thiophene rings is 1. The van der Waals surface area contributed by atoms with Gasteiger partial charge < -0.3 is 5.32 Å². The maximum absolute atomic E-state index is 4.06. The molecule has 0 amide bonds. The van der Waals surface area contributed by atoms with E-state index in [-0.39, 0.29) is 0 Å². The molecule has 0 saturated carbocycles. The van der Waals surface area contributed by atoms with Crippen LogP contribution in [0.2, 0.25) is 0 Å². The van der Waals surface area contributed by atoms with Crippen molar-refractivity contribution in [2.45, 2.75) is 13.1 Å². The van der Waals surface area contributed by atoms with Crippen LogP contribution < -0.4 is 5.32 Å². The fraction of sp³-hybridized carbons (Fsp3) is 0.333. The van der Waals surface area contributed by atoms with Crippen LogP contribution in [0.4, 0.5) is 0 Å². The summed E-state index contributed by atoms with van der Waals surface area (Å²) in [6, 6.07) is 4.28. The van der Waals surface area contributed by atoms with Gasteiger partial charge in [0.05, 0.1) is 6.54 Å². The van der Waals surface area contributed by atoms with E-state index in [9.17, 15) is 0 Å². The SMILES string of the molecule is CNCc1ccc(Cn2cncn2)s1. The molecule has 0 radical (unpaired) electrons. The van der Waals surface area contributed by atoms with E-state index in [1.54, 1.807) is 24.0 Å². The minimum Gasteiger partial charge on any atom is -0.315 e. The Morgan fingerprint density at radius 2 is 2.29 bits per heavy atom. The molecule has 2 rings (SSSR count). The Balaban J connectivity index is 2.03. The first-order valence-corrected chi connectivity index (χ1v) is 5.25. The highest BCUT2D eigenvalue weighted by Gasteiger charge is 2.00. The second-order valence-corrected chi connectivity index (χ2v) is 4.24. The molecule has 0 fully saturated rings. The molecule has 0 saturated heterocycles. The highest BCUT2D eigenvalue weighted by atomic mass is 32.1. The molecule has 0 bridgehead atoms. The largest absolute Gasteiger partial charge is 0.315 e. The number of hydrogen-bond acceptors (Lipinski definition) is 4. The van der Waals surface area contributed by atoms with E-state index in [0.29, 0.717) is 0 Å². The van der Waals surface area contributed by atoms with Crippen molar-refractivity contribution in [3.63, 3.8) is 0 Å². The van der Waals surface area contributed by atoms with Crippen molar-refractivity contribution >= 4 is 11.3 Å². The molecule has 0 spiro atoms. The molecule has 74 valence electrons. The Morgan fingerprint density at radius 1 is 1.43 bits per heavy atom. The summed E-state index contributed by atoms with van der Waals surface area (Å²) in [7, 11) is 1.96. The summed E-state index contributed by atoms with van der Waals surface area (Å²) >= 11 is 1.80. The van der Waals surface area contributed by atoms with Crippen molar-refractivity contribution in [3.05, 3.63) is 34.5 Å². The minimum absolute atomic E-state index is 0.814. The van der Waals surface area contributed by atoms with Gasteiger partial charge >= 0.3 is 0 Å². The van der Waals surface area contributed by atoms with E-state index < -0.39 is 0 Å². The Morgan fingerprint density at radius 3 is 3.00 bits per heavy atom. The summed E-state index contributed by atoms with van der Waals surface area (Å²) in [6.45, 7) is 1.75. The van der Waals surface area contributed by atoms with E-state index >= 15 is 0 Å². The van der Waals surface area contributed by atoms with Crippen LogP contribution in [-0.4, -0.2) is 21.8 Å². The van der Waals surface area contributed by atoms with Crippen molar-refractivity contribution in [2.75, 3.05) is 7.05 Å². The molecule has 0 aliphatic rings. The molecule has 14 heavy (non-hydrogen) atoms. The summed E-state index contributed by atoms with van der Waals surface area (Å²) in [6.07, 6.45) is 3.29. The van der Waals surface area contributed by atoms with E-state index in [1.807, 2.05) is 11.7 Å². The van der Waals surface area contributed by atoms with Gasteiger partial charge in [0.15, 0.2) is 0 Å². The molecule has 2 aromatic rings. The minimum atomic E-state index is 0.814. The Bertz CT molecular complexity index is 379. The van der Waals surface area contributed by atoms with Crippen molar-refractivity contribution in [2.24, 2.45) is 0 Å². The van der Waals surface area contributed by atoms with Crippen LogP contribution in [0, 0.1) is 0 Å². The monoisotopic (exact) mass is 208 g/mol. The number of nitrogens with one attached hydrogen (secondary N) is 1.